The van der Waals surface area contributed by atoms with Crippen molar-refractivity contribution in [3.05, 3.63) is 102 Å². The molecule has 3 N–H and O–H groups in total. The van der Waals surface area contributed by atoms with E-state index in [-0.39, 0.29) is 36.2 Å². The first-order valence-electron chi connectivity index (χ1n) is 11.1. The van der Waals surface area contributed by atoms with E-state index < -0.39 is 6.04 Å². The van der Waals surface area contributed by atoms with Crippen LogP contribution in [-0.2, 0) is 0 Å². The Kier molecular flexibility index (Phi) is 8.06. The molecule has 5 nitrogen and oxygen atoms in total. The molecule has 0 aliphatic carbocycles. The fraction of sp³-hybridized carbons (Fsp3) is 0.296. The Morgan fingerprint density at radius 2 is 1.88 bits per heavy atom. The van der Waals surface area contributed by atoms with Crippen LogP contribution in [0.2, 0.25) is 0 Å². The largest absolute Gasteiger partial charge is 0.508 e. The van der Waals surface area contributed by atoms with Gasteiger partial charge in [0.25, 0.3) is 0 Å². The smallest absolute Gasteiger partial charge is 0.322 e. The van der Waals surface area contributed by atoms with E-state index in [2.05, 4.69) is 11.9 Å². The third-order valence-electron chi connectivity index (χ3n) is 5.92. The van der Waals surface area contributed by atoms with Crippen molar-refractivity contribution in [3.8, 4) is 0 Å². The molecule has 1 fully saturated rings. The number of para-hydroxylation sites is 1. The molecule has 3 atom stereocenters. The molecule has 33 heavy (non-hydrogen) atoms. The molecule has 0 saturated carbocycles. The number of aliphatic hydroxyl groups is 2. The molecule has 0 aromatic heterocycles. The number of halogens is 1. The number of nitrogens with one attached hydrogen (secondary N) is 1. The average molecular weight is 451 g/mol. The summed E-state index contributed by atoms with van der Waals surface area (Å²) in [6.07, 6.45) is 4.54. The van der Waals surface area contributed by atoms with Gasteiger partial charge in [0.05, 0.1) is 12.1 Å². The summed E-state index contributed by atoms with van der Waals surface area (Å²) in [7, 11) is 0. The molecule has 6 heteroatoms. The van der Waals surface area contributed by atoms with Gasteiger partial charge >= 0.3 is 6.03 Å². The van der Waals surface area contributed by atoms with Gasteiger partial charge < -0.3 is 15.5 Å². The summed E-state index contributed by atoms with van der Waals surface area (Å²) in [5.74, 6) is -0.452. The van der Waals surface area contributed by atoms with E-state index in [1.54, 1.807) is 30.0 Å². The minimum absolute atomic E-state index is 0.0645. The summed E-state index contributed by atoms with van der Waals surface area (Å²) in [4.78, 5) is 14.7. The maximum atomic E-state index is 13.3. The van der Waals surface area contributed by atoms with Gasteiger partial charge in [0.1, 0.15) is 11.6 Å². The lowest BCUT2D eigenvalue weighted by Gasteiger charge is -2.29. The Morgan fingerprint density at radius 3 is 2.45 bits per heavy atom. The zero-order valence-electron chi connectivity index (χ0n) is 19.0. The Bertz CT molecular complexity index is 1030. The second kappa shape index (κ2) is 11.0. The van der Waals surface area contributed by atoms with Gasteiger partial charge in [0.15, 0.2) is 0 Å². The lowest BCUT2D eigenvalue weighted by atomic mass is 9.88. The van der Waals surface area contributed by atoms with Crippen molar-refractivity contribution in [2.45, 2.75) is 44.7 Å². The molecule has 1 aliphatic rings. The number of hydrogen-bond acceptors (Lipinski definition) is 3. The molecule has 3 unspecified atom stereocenters. The highest BCUT2D eigenvalue weighted by Crippen LogP contribution is 2.34. The number of amides is 2. The van der Waals surface area contributed by atoms with Crippen molar-refractivity contribution in [2.75, 3.05) is 11.5 Å². The third-order valence-corrected chi connectivity index (χ3v) is 5.92. The predicted octanol–water partition coefficient (Wildman–Crippen LogP) is 5.61. The molecule has 1 aliphatic heterocycles. The van der Waals surface area contributed by atoms with Crippen LogP contribution in [0.25, 0.3) is 0 Å². The molecule has 1 heterocycles. The highest BCUT2D eigenvalue weighted by Gasteiger charge is 2.43. The summed E-state index contributed by atoms with van der Waals surface area (Å²) in [6.45, 7) is 7.38. The second-order valence-corrected chi connectivity index (χ2v) is 8.33. The van der Waals surface area contributed by atoms with E-state index in [4.69, 9.17) is 0 Å². The minimum Gasteiger partial charge on any atom is -0.508 e. The van der Waals surface area contributed by atoms with Crippen molar-refractivity contribution in [1.29, 1.82) is 0 Å². The highest BCUT2D eigenvalue weighted by atomic mass is 19.1. The Morgan fingerprint density at radius 1 is 1.21 bits per heavy atom. The molecular weight excluding hydrogens is 419 g/mol. The number of aliphatic hydroxyl groups excluding tert-OH is 2. The zero-order chi connectivity index (χ0) is 24.0. The lowest BCUT2D eigenvalue weighted by Crippen LogP contribution is -2.39. The van der Waals surface area contributed by atoms with E-state index in [1.165, 1.54) is 12.1 Å². The Balaban J connectivity index is 1.92. The Labute approximate surface area is 194 Å². The van der Waals surface area contributed by atoms with Gasteiger partial charge in [-0.25, -0.2) is 9.18 Å². The normalized spacial score (nSPS) is 20.0. The van der Waals surface area contributed by atoms with Crippen molar-refractivity contribution < 1.29 is 19.4 Å². The summed E-state index contributed by atoms with van der Waals surface area (Å²) >= 11 is 0. The number of benzene rings is 2. The van der Waals surface area contributed by atoms with Crippen LogP contribution in [0.5, 0.6) is 0 Å². The molecule has 174 valence electrons. The van der Waals surface area contributed by atoms with Crippen molar-refractivity contribution in [2.24, 2.45) is 0 Å². The van der Waals surface area contributed by atoms with E-state index in [0.29, 0.717) is 24.0 Å². The first-order chi connectivity index (χ1) is 15.8. The van der Waals surface area contributed by atoms with Crippen LogP contribution in [0.1, 0.15) is 38.2 Å². The van der Waals surface area contributed by atoms with Crippen LogP contribution in [0.3, 0.4) is 0 Å². The number of hydrogen-bond donors (Lipinski definition) is 3. The molecule has 0 radical (unpaired) electrons. The number of rotatable bonds is 9. The fourth-order valence-electron chi connectivity index (χ4n) is 4.33. The second-order valence-electron chi connectivity index (χ2n) is 8.33. The standard InChI is InChI=1S/C27H31FN2O3/c1-4-23(25(32)16-18(2)3)26-24(29-27(33)30(26)22-8-6-5-7-9-22)15-12-20(17-31)19-10-13-21(28)14-11-19/h4-11,13-14,16,20,24,26,31-32H,2,12,15,17H2,1,3H3,(H,29,33)/b23-4+,25-16+. The number of allylic oxidation sites excluding steroid dienone is 3. The topological polar surface area (TPSA) is 72.8 Å². The van der Waals surface area contributed by atoms with Crippen LogP contribution >= 0.6 is 0 Å². The van der Waals surface area contributed by atoms with Crippen LogP contribution < -0.4 is 10.2 Å². The van der Waals surface area contributed by atoms with Crippen molar-refractivity contribution in [3.63, 3.8) is 0 Å². The minimum atomic E-state index is -0.451. The van der Waals surface area contributed by atoms with E-state index in [1.807, 2.05) is 43.3 Å². The van der Waals surface area contributed by atoms with Gasteiger partial charge in [0.2, 0.25) is 0 Å². The van der Waals surface area contributed by atoms with Crippen molar-refractivity contribution in [1.82, 2.24) is 5.32 Å². The third kappa shape index (κ3) is 5.71. The van der Waals surface area contributed by atoms with Gasteiger partial charge in [0, 0.05) is 23.8 Å². The molecule has 2 amide bonds. The van der Waals surface area contributed by atoms with Gasteiger partial charge in [-0.05, 0) is 62.6 Å². The first-order valence-corrected chi connectivity index (χ1v) is 11.1. The summed E-state index contributed by atoms with van der Waals surface area (Å²) in [5.41, 5.74) is 2.88. The quantitative estimate of drug-likeness (QED) is 0.343. The molecule has 2 aromatic rings. The lowest BCUT2D eigenvalue weighted by molar-refractivity contribution is 0.247. The van der Waals surface area contributed by atoms with Crippen LogP contribution in [0, 0.1) is 5.82 Å². The summed E-state index contributed by atoms with van der Waals surface area (Å²) < 4.78 is 13.3. The van der Waals surface area contributed by atoms with Gasteiger partial charge in [-0.3, -0.25) is 4.90 Å². The summed E-state index contributed by atoms with van der Waals surface area (Å²) in [6, 6.07) is 14.4. The molecule has 0 spiro atoms. The first kappa shape index (κ1) is 24.3. The molecule has 3 rings (SSSR count). The molecule has 1 saturated heterocycles. The van der Waals surface area contributed by atoms with Gasteiger partial charge in [-0.2, -0.15) is 0 Å². The maximum Gasteiger partial charge on any atom is 0.322 e. The summed E-state index contributed by atoms with van der Waals surface area (Å²) in [5, 5.41) is 23.8. The van der Waals surface area contributed by atoms with E-state index in [9.17, 15) is 19.4 Å². The van der Waals surface area contributed by atoms with Crippen molar-refractivity contribution >= 4 is 11.7 Å². The van der Waals surface area contributed by atoms with E-state index in [0.717, 1.165) is 11.3 Å². The number of carbonyl (C=O) groups excluding carboxylic acids is 1. The molecule has 0 bridgehead atoms. The van der Waals surface area contributed by atoms with Crippen LogP contribution in [-0.4, -0.2) is 34.9 Å². The predicted molar refractivity (Wildman–Crippen MR) is 130 cm³/mol. The molecular formula is C27H31FN2O3. The number of nitrogens with zero attached hydrogens (tertiary/aromatic N) is 1. The van der Waals surface area contributed by atoms with Gasteiger partial charge in [-0.15, -0.1) is 0 Å². The average Bonchev–Trinajstić information content (AvgIpc) is 3.11. The number of anilines is 1. The van der Waals surface area contributed by atoms with Crippen LogP contribution in [0.4, 0.5) is 14.9 Å². The molecule has 2 aromatic carbocycles. The Hall–Kier alpha value is -3.38. The SMILES string of the molecule is C=C(C)/C=C(O)\C(=C/C)C1C(CCC(CO)c2ccc(F)cc2)NC(=O)N1c1ccccc1. The van der Waals surface area contributed by atoms with Crippen LogP contribution in [0.15, 0.2) is 90.2 Å². The highest BCUT2D eigenvalue weighted by molar-refractivity contribution is 5.96. The zero-order valence-corrected chi connectivity index (χ0v) is 19.0. The maximum absolute atomic E-state index is 13.3. The monoisotopic (exact) mass is 450 g/mol. The van der Waals surface area contributed by atoms with E-state index >= 15 is 0 Å². The number of carbonyl (C=O) groups is 1. The number of urea groups is 1. The van der Waals surface area contributed by atoms with Gasteiger partial charge in [-0.1, -0.05) is 48.6 Å². The fourth-order valence-corrected chi connectivity index (χ4v) is 4.33.